The molecule has 0 bridgehead atoms. The summed E-state index contributed by atoms with van der Waals surface area (Å²) in [5.41, 5.74) is 20.4. The van der Waals surface area contributed by atoms with Crippen molar-refractivity contribution >= 4 is 13.5 Å². The molecule has 0 aliphatic rings. The van der Waals surface area contributed by atoms with E-state index in [1.165, 1.54) is 50.1 Å². The Balaban J connectivity index is 0.000000399. The maximum Gasteiger partial charge on any atom is 0.220 e. The zero-order valence-corrected chi connectivity index (χ0v) is 72.1. The highest BCUT2D eigenvalue weighted by molar-refractivity contribution is 7.50. The molecule has 0 spiro atoms. The van der Waals surface area contributed by atoms with Crippen LogP contribution in [0.3, 0.4) is 0 Å². The molecule has 6 N–H and O–H groups in total. The minimum atomic E-state index is -3.91. The molecule has 0 fully saturated rings. The number of amides is 1. The van der Waals surface area contributed by atoms with Gasteiger partial charge in [-0.15, -0.1) is 0 Å². The molecule has 10 nitrogen and oxygen atoms in total. The Morgan fingerprint density at radius 1 is 0.369 bits per heavy atom. The van der Waals surface area contributed by atoms with Crippen molar-refractivity contribution in [3.05, 3.63) is 177 Å². The Morgan fingerprint density at radius 3 is 0.767 bits per heavy atom. The largest absolute Gasteiger partial charge is 0.778 e. The number of phenols is 5. The summed E-state index contributed by atoms with van der Waals surface area (Å²) in [5.74, 6) is 1.97. The molecule has 103 heavy (non-hydrogen) atoms. The van der Waals surface area contributed by atoms with Crippen LogP contribution in [0.2, 0.25) is 0 Å². The van der Waals surface area contributed by atoms with Gasteiger partial charge in [-0.3, -0.25) is 4.79 Å². The average Bonchev–Trinajstić information content (AvgIpc) is 0.773. The maximum absolute atomic E-state index is 12.0. The first kappa shape index (κ1) is 89.3. The van der Waals surface area contributed by atoms with Crippen molar-refractivity contribution in [3.63, 3.8) is 0 Å². The number of nitrogens with one attached hydrogen (secondary N) is 1. The molecule has 0 aliphatic carbocycles. The van der Waals surface area contributed by atoms with E-state index in [0.717, 1.165) is 99.8 Å². The van der Waals surface area contributed by atoms with Crippen LogP contribution in [0.4, 0.5) is 0 Å². The second-order valence-corrected chi connectivity index (χ2v) is 41.7. The molecule has 1 unspecified atom stereocenters. The first-order valence-corrected chi connectivity index (χ1v) is 39.7. The van der Waals surface area contributed by atoms with Crippen LogP contribution in [-0.4, -0.2) is 44.6 Å². The number of phenolic OH excluding ortho intramolecular Hbond substituents is 5. The number of rotatable bonds is 16. The van der Waals surface area contributed by atoms with Gasteiger partial charge in [0.2, 0.25) is 5.91 Å². The van der Waals surface area contributed by atoms with Crippen LogP contribution in [0.5, 0.6) is 28.7 Å². The van der Waals surface area contributed by atoms with Crippen molar-refractivity contribution < 1.29 is 44.3 Å². The highest BCUT2D eigenvalue weighted by Crippen LogP contribution is 2.49. The number of hydrogen-bond acceptors (Lipinski definition) is 9. The van der Waals surface area contributed by atoms with Crippen LogP contribution in [0, 0.1) is 20.8 Å². The predicted octanol–water partition coefficient (Wildman–Crippen LogP) is 23.2. The van der Waals surface area contributed by atoms with Crippen LogP contribution < -0.4 is 10.2 Å². The van der Waals surface area contributed by atoms with Crippen LogP contribution in [0.1, 0.15) is 358 Å². The zero-order chi connectivity index (χ0) is 79.6. The smallest absolute Gasteiger partial charge is 0.220 e. The predicted molar refractivity (Wildman–Crippen MR) is 436 cm³/mol. The number of hydrogen-bond donors (Lipinski definition) is 6. The summed E-state index contributed by atoms with van der Waals surface area (Å²) in [4.78, 5) is 23.9. The summed E-state index contributed by atoms with van der Waals surface area (Å²) >= 11 is 0. The van der Waals surface area contributed by atoms with Gasteiger partial charge in [-0.05, 0) is 231 Å². The summed E-state index contributed by atoms with van der Waals surface area (Å²) in [6, 6.07) is 21.1. The van der Waals surface area contributed by atoms with E-state index in [0.29, 0.717) is 41.4 Å². The SMILES string of the molecule is CCCCNC(=O)CCc1cc(C(C)(C)C)c(O)c(C(C)(C)C)c1.CCOP(=O)([O-])Cc1cc(C(C)(C)C)c(O)c(C(C)(C)C)c1.Cc1c(Cc2cc(C(C)(C)C)c(O)c(C(C)(C)C)c2)c(C)c(Cc2cc(C(C)(C)C)c(O)c(C(C)(C)C)c2)c(C)c1Cc1cc(C(C)(C)C)c(O)c(C(C)(C)C)c1. The number of benzene rings is 6. The Labute approximate surface area is 626 Å². The van der Waals surface area contributed by atoms with E-state index >= 15 is 0 Å². The number of unbranched alkanes of at least 4 members (excludes halogenated alkanes) is 1. The van der Waals surface area contributed by atoms with E-state index in [1.807, 2.05) is 41.5 Å². The molecule has 6 aromatic rings. The molecule has 0 aliphatic heterocycles. The normalized spacial score (nSPS) is 13.6. The second kappa shape index (κ2) is 32.6. The lowest BCUT2D eigenvalue weighted by atomic mass is 9.75. The Hall–Kier alpha value is -6.06. The molecular formula is C92H141NO9P-. The Bertz CT molecular complexity index is 3570. The second-order valence-electron chi connectivity index (χ2n) is 39.9. The zero-order valence-electron chi connectivity index (χ0n) is 71.2. The maximum atomic E-state index is 12.0. The fourth-order valence-electron chi connectivity index (χ4n) is 13.7. The van der Waals surface area contributed by atoms with Crippen molar-refractivity contribution in [3.8, 4) is 28.7 Å². The summed E-state index contributed by atoms with van der Waals surface area (Å²) in [6.45, 7) is 75.5. The third-order valence-corrected chi connectivity index (χ3v) is 21.4. The van der Waals surface area contributed by atoms with E-state index in [2.05, 4.69) is 248 Å². The average molecular weight is 1440 g/mol. The standard InChI is InChI=1S/C54H78O3.C21H35NO2.C17H29O4P/c1-31-37(22-34-25-40(49(4,5)6)46(55)41(26-34)50(7,8)9)32(2)39(24-36-29-44(53(16,17)18)48(57)45(30-36)54(19,20)21)33(3)38(31)23-35-27-42(51(10,11)12)47(56)43(28-35)52(13,14)15;1-8-9-12-22-18(23)11-10-15-13-16(20(2,3)4)19(24)17(14-15)21(5,6)7;1-8-21-22(19,20)11-12-9-13(16(2,3)4)15(18)14(10-12)17(5,6)7/h25-30,55-57H,22-24H2,1-21H3;13-14,24H,8-12H2,1-7H3,(H,22,23);9-10,18H,8,11H2,1-7H3,(H,19,20)/p-1. The molecular weight excluding hydrogens is 1290 g/mol. The number of aromatic hydroxyl groups is 5. The first-order valence-electron chi connectivity index (χ1n) is 37.9. The summed E-state index contributed by atoms with van der Waals surface area (Å²) in [6.07, 6.45) is 5.37. The van der Waals surface area contributed by atoms with Crippen molar-refractivity contribution in [1.29, 1.82) is 0 Å². The topological polar surface area (TPSA) is 180 Å². The molecule has 6 rings (SSSR count). The van der Waals surface area contributed by atoms with Crippen LogP contribution in [0.15, 0.2) is 60.7 Å². The monoisotopic (exact) mass is 1440 g/mol. The molecule has 0 saturated carbocycles. The molecule has 11 heteroatoms. The van der Waals surface area contributed by atoms with E-state index in [-0.39, 0.29) is 78.6 Å². The molecule has 574 valence electrons. The summed E-state index contributed by atoms with van der Waals surface area (Å²) < 4.78 is 16.8. The van der Waals surface area contributed by atoms with Crippen LogP contribution in [-0.2, 0) is 99.9 Å². The van der Waals surface area contributed by atoms with Gasteiger partial charge in [0.05, 0.1) is 6.61 Å². The quantitative estimate of drug-likeness (QED) is 0.0406. The van der Waals surface area contributed by atoms with E-state index in [4.69, 9.17) is 4.52 Å². The molecule has 0 radical (unpaired) electrons. The first-order chi connectivity index (χ1) is 46.3. The Morgan fingerprint density at radius 2 is 0.573 bits per heavy atom. The molecule has 1 atom stereocenters. The van der Waals surface area contributed by atoms with Gasteiger partial charge >= 0.3 is 0 Å². The summed E-state index contributed by atoms with van der Waals surface area (Å²) in [5, 5.41) is 59.2. The molecule has 0 saturated heterocycles. The molecule has 6 aromatic carbocycles. The highest BCUT2D eigenvalue weighted by Gasteiger charge is 2.34. The number of aryl methyl sites for hydroxylation is 1. The van der Waals surface area contributed by atoms with Gasteiger partial charge in [-0.2, -0.15) is 0 Å². The lowest BCUT2D eigenvalue weighted by Crippen LogP contribution is -2.24. The van der Waals surface area contributed by atoms with E-state index in [1.54, 1.807) is 19.1 Å². The van der Waals surface area contributed by atoms with Gasteiger partial charge in [0.25, 0.3) is 0 Å². The minimum Gasteiger partial charge on any atom is -0.778 e. The molecule has 0 aromatic heterocycles. The Kier molecular flexibility index (Phi) is 28.3. The number of carbonyl (C=O) groups is 1. The van der Waals surface area contributed by atoms with Gasteiger partial charge < -0.3 is 44.8 Å². The molecule has 1 amide bonds. The van der Waals surface area contributed by atoms with Crippen LogP contribution in [0.25, 0.3) is 0 Å². The highest BCUT2D eigenvalue weighted by atomic mass is 31.2. The fourth-order valence-corrected chi connectivity index (χ4v) is 14.9. The van der Waals surface area contributed by atoms with E-state index < -0.39 is 7.60 Å². The fraction of sp³-hybridized carbons (Fsp3) is 0.598. The third-order valence-electron chi connectivity index (χ3n) is 20.0. The van der Waals surface area contributed by atoms with Gasteiger partial charge in [-0.1, -0.05) is 282 Å². The van der Waals surface area contributed by atoms with E-state index in [9.17, 15) is 39.8 Å². The van der Waals surface area contributed by atoms with Gasteiger partial charge in [0.15, 0.2) is 0 Å². The van der Waals surface area contributed by atoms with Gasteiger partial charge in [0, 0.05) is 19.1 Å². The number of carbonyl (C=O) groups excluding carboxylic acids is 1. The van der Waals surface area contributed by atoms with Gasteiger partial charge in [0.1, 0.15) is 36.3 Å². The van der Waals surface area contributed by atoms with Crippen LogP contribution >= 0.6 is 7.60 Å². The van der Waals surface area contributed by atoms with Crippen molar-refractivity contribution in [1.82, 2.24) is 5.32 Å². The minimum absolute atomic E-state index is 0.103. The lowest BCUT2D eigenvalue weighted by Gasteiger charge is -2.30. The lowest BCUT2D eigenvalue weighted by molar-refractivity contribution is -0.198. The molecule has 0 heterocycles. The van der Waals surface area contributed by atoms with Crippen molar-refractivity contribution in [2.45, 2.75) is 348 Å². The van der Waals surface area contributed by atoms with Gasteiger partial charge in [-0.25, -0.2) is 0 Å². The summed E-state index contributed by atoms with van der Waals surface area (Å²) in [7, 11) is -3.91. The van der Waals surface area contributed by atoms with Crippen molar-refractivity contribution in [2.75, 3.05) is 13.2 Å². The third kappa shape index (κ3) is 23.7. The van der Waals surface area contributed by atoms with Crippen molar-refractivity contribution in [2.24, 2.45) is 0 Å².